The van der Waals surface area contributed by atoms with Gasteiger partial charge in [-0.2, -0.15) is 0 Å². The first-order valence-electron chi connectivity index (χ1n) is 7.58. The lowest BCUT2D eigenvalue weighted by Crippen LogP contribution is -2.35. The highest BCUT2D eigenvalue weighted by atomic mass is 35.5. The highest BCUT2D eigenvalue weighted by Crippen LogP contribution is 2.31. The molecule has 1 aromatic carbocycles. The molecule has 0 aliphatic heterocycles. The van der Waals surface area contributed by atoms with Crippen LogP contribution in [0.3, 0.4) is 0 Å². The third-order valence-electron chi connectivity index (χ3n) is 2.98. The van der Waals surface area contributed by atoms with E-state index in [1.165, 1.54) is 0 Å². The minimum atomic E-state index is -1.17. The lowest BCUT2D eigenvalue weighted by Gasteiger charge is -2.20. The van der Waals surface area contributed by atoms with Crippen molar-refractivity contribution < 1.29 is 37.7 Å². The van der Waals surface area contributed by atoms with Crippen molar-refractivity contribution in [1.29, 1.82) is 0 Å². The number of ether oxygens (including phenoxy) is 4. The normalized spacial score (nSPS) is 11.5. The average molecular weight is 392 g/mol. The van der Waals surface area contributed by atoms with Crippen LogP contribution in [-0.4, -0.2) is 38.0 Å². The second-order valence-corrected chi connectivity index (χ2v) is 5.67. The van der Waals surface area contributed by atoms with Crippen LogP contribution in [0.5, 0.6) is 5.75 Å². The summed E-state index contributed by atoms with van der Waals surface area (Å²) in [5.74, 6) is -2.22. The number of nitrogens with one attached hydrogen (secondary N) is 1. The smallest absolute Gasteiger partial charge is 0.463 e. The molecule has 0 radical (unpaired) electrons. The minimum absolute atomic E-state index is 0.118. The number of carbonyl (C=O) groups is 3. The summed E-state index contributed by atoms with van der Waals surface area (Å²) in [6.07, 6.45) is -3.34. The Bertz CT molecular complexity index is 681. The fourth-order valence-corrected chi connectivity index (χ4v) is 1.96. The Morgan fingerprint density at radius 2 is 1.92 bits per heavy atom. The number of amides is 1. The van der Waals surface area contributed by atoms with Gasteiger partial charge in [0.15, 0.2) is 5.75 Å². The first-order chi connectivity index (χ1) is 12.2. The van der Waals surface area contributed by atoms with E-state index in [1.54, 1.807) is 20.8 Å². The van der Waals surface area contributed by atoms with Crippen molar-refractivity contribution in [2.75, 3.05) is 19.0 Å². The molecule has 8 nitrogen and oxygen atoms in total. The quantitative estimate of drug-likeness (QED) is 0.447. The second kappa shape index (κ2) is 9.81. The van der Waals surface area contributed by atoms with Gasteiger partial charge in [-0.3, -0.25) is 5.32 Å². The molecule has 1 amide bonds. The van der Waals surface area contributed by atoms with E-state index in [0.29, 0.717) is 0 Å². The molecule has 0 saturated heterocycles. The van der Waals surface area contributed by atoms with Crippen molar-refractivity contribution in [2.45, 2.75) is 26.9 Å². The van der Waals surface area contributed by atoms with E-state index in [1.807, 2.05) is 0 Å². The average Bonchev–Trinajstić information content (AvgIpc) is 2.56. The van der Waals surface area contributed by atoms with Crippen LogP contribution >= 0.6 is 11.6 Å². The number of anilines is 1. The predicted molar refractivity (Wildman–Crippen MR) is 89.8 cm³/mol. The van der Waals surface area contributed by atoms with Crippen molar-refractivity contribution in [3.63, 3.8) is 0 Å². The van der Waals surface area contributed by atoms with Gasteiger partial charge in [0.25, 0.3) is 0 Å². The van der Waals surface area contributed by atoms with Gasteiger partial charge >= 0.3 is 18.2 Å². The summed E-state index contributed by atoms with van der Waals surface area (Å²) in [7, 11) is 1.08. The maximum atomic E-state index is 14.0. The van der Waals surface area contributed by atoms with Crippen LogP contribution < -0.4 is 10.1 Å². The Morgan fingerprint density at radius 3 is 2.46 bits per heavy atom. The second-order valence-electron chi connectivity index (χ2n) is 5.27. The number of hydrogen-bond donors (Lipinski definition) is 1. The Balaban J connectivity index is 2.92. The maximum Gasteiger partial charge on any atom is 0.513 e. The highest BCUT2D eigenvalue weighted by molar-refractivity contribution is 6.32. The van der Waals surface area contributed by atoms with E-state index in [-0.39, 0.29) is 29.0 Å². The van der Waals surface area contributed by atoms with Crippen LogP contribution in [0, 0.1) is 11.7 Å². The molecule has 10 heteroatoms. The number of esters is 1. The monoisotopic (exact) mass is 391 g/mol. The molecule has 0 bridgehead atoms. The summed E-state index contributed by atoms with van der Waals surface area (Å²) in [6.45, 7) is 5.04. The van der Waals surface area contributed by atoms with Crippen LogP contribution in [0.25, 0.3) is 0 Å². The molecular weight excluding hydrogens is 373 g/mol. The number of methoxy groups -OCH3 is 1. The summed E-state index contributed by atoms with van der Waals surface area (Å²) >= 11 is 5.76. The number of halogens is 2. The topological polar surface area (TPSA) is 100 Å². The maximum absolute atomic E-state index is 14.0. The van der Waals surface area contributed by atoms with E-state index in [4.69, 9.17) is 25.8 Å². The van der Waals surface area contributed by atoms with Gasteiger partial charge in [-0.25, -0.2) is 18.8 Å². The zero-order valence-corrected chi connectivity index (χ0v) is 15.4. The largest absolute Gasteiger partial charge is 0.513 e. The molecule has 1 N–H and O–H groups in total. The number of benzene rings is 1. The van der Waals surface area contributed by atoms with Gasteiger partial charge in [0, 0.05) is 12.0 Å². The van der Waals surface area contributed by atoms with Crippen LogP contribution in [0.2, 0.25) is 5.02 Å². The van der Waals surface area contributed by atoms with Crippen LogP contribution in [0.4, 0.5) is 19.7 Å². The molecule has 1 aromatic rings. The van der Waals surface area contributed by atoms with E-state index < -0.39 is 30.1 Å². The van der Waals surface area contributed by atoms with Gasteiger partial charge in [0.1, 0.15) is 5.82 Å². The fraction of sp³-hybridized carbons (Fsp3) is 0.438. The Labute approximate surface area is 154 Å². The molecule has 0 saturated carbocycles. The van der Waals surface area contributed by atoms with Crippen LogP contribution in [0.1, 0.15) is 20.8 Å². The number of carbonyl (C=O) groups excluding carboxylic acids is 3. The van der Waals surface area contributed by atoms with Crippen molar-refractivity contribution >= 4 is 35.5 Å². The summed E-state index contributed by atoms with van der Waals surface area (Å²) in [5.41, 5.74) is -0.371. The number of hydrogen-bond acceptors (Lipinski definition) is 7. The molecule has 0 aliphatic rings. The Morgan fingerprint density at radius 1 is 1.27 bits per heavy atom. The SMILES string of the molecule is CCOC(=O)C(OC(=O)Nc1cc(OC(=O)OC)c(Cl)cc1F)C(C)C. The molecule has 0 fully saturated rings. The van der Waals surface area contributed by atoms with Gasteiger partial charge in [0.05, 0.1) is 24.4 Å². The van der Waals surface area contributed by atoms with Gasteiger partial charge in [0.2, 0.25) is 6.10 Å². The van der Waals surface area contributed by atoms with Crippen molar-refractivity contribution in [3.05, 3.63) is 23.0 Å². The highest BCUT2D eigenvalue weighted by Gasteiger charge is 2.28. The molecule has 1 atom stereocenters. The summed E-state index contributed by atoms with van der Waals surface area (Å²) in [5, 5.41) is 1.91. The predicted octanol–water partition coefficient (Wildman–Crippen LogP) is 3.76. The van der Waals surface area contributed by atoms with E-state index in [2.05, 4.69) is 10.1 Å². The van der Waals surface area contributed by atoms with Crippen LogP contribution in [0.15, 0.2) is 12.1 Å². The molecule has 0 spiro atoms. The summed E-state index contributed by atoms with van der Waals surface area (Å²) in [6, 6.07) is 1.81. The molecular formula is C16H19ClFNO7. The lowest BCUT2D eigenvalue weighted by molar-refractivity contribution is -0.155. The molecule has 1 rings (SSSR count). The van der Waals surface area contributed by atoms with Crippen LogP contribution in [-0.2, 0) is 19.0 Å². The van der Waals surface area contributed by atoms with Crippen molar-refractivity contribution in [3.8, 4) is 5.75 Å². The molecule has 144 valence electrons. The molecule has 1 unspecified atom stereocenters. The van der Waals surface area contributed by atoms with E-state index in [0.717, 1.165) is 19.2 Å². The molecule has 26 heavy (non-hydrogen) atoms. The van der Waals surface area contributed by atoms with Gasteiger partial charge in [-0.05, 0) is 13.0 Å². The third kappa shape index (κ3) is 6.07. The molecule has 0 aliphatic carbocycles. The molecule has 0 heterocycles. The van der Waals surface area contributed by atoms with Gasteiger partial charge in [-0.1, -0.05) is 25.4 Å². The van der Waals surface area contributed by atoms with Gasteiger partial charge in [-0.15, -0.1) is 0 Å². The first kappa shape index (κ1) is 21.5. The summed E-state index contributed by atoms with van der Waals surface area (Å²) < 4.78 is 32.8. The van der Waals surface area contributed by atoms with Gasteiger partial charge < -0.3 is 18.9 Å². The zero-order valence-electron chi connectivity index (χ0n) is 14.6. The zero-order chi connectivity index (χ0) is 19.9. The fourth-order valence-electron chi connectivity index (χ4n) is 1.77. The Kier molecular flexibility index (Phi) is 8.11. The minimum Gasteiger partial charge on any atom is -0.463 e. The van der Waals surface area contributed by atoms with Crippen molar-refractivity contribution in [2.24, 2.45) is 5.92 Å². The first-order valence-corrected chi connectivity index (χ1v) is 7.96. The lowest BCUT2D eigenvalue weighted by atomic mass is 10.1. The standard InChI is InChI=1S/C16H19ClFNO7/c1-5-24-14(20)13(8(2)3)26-15(21)19-11-7-12(25-16(22)23-4)9(17)6-10(11)18/h6-8,13H,5H2,1-4H3,(H,19,21). The van der Waals surface area contributed by atoms with E-state index >= 15 is 0 Å². The van der Waals surface area contributed by atoms with Crippen molar-refractivity contribution in [1.82, 2.24) is 0 Å². The summed E-state index contributed by atoms with van der Waals surface area (Å²) in [4.78, 5) is 34.9. The van der Waals surface area contributed by atoms with E-state index in [9.17, 15) is 18.8 Å². The molecule has 0 aromatic heterocycles. The Hall–Kier alpha value is -2.55. The third-order valence-corrected chi connectivity index (χ3v) is 3.27. The number of rotatable bonds is 6.